The predicted octanol–water partition coefficient (Wildman–Crippen LogP) is 2.43. The molecule has 0 spiro atoms. The molecular formula is C16H27NO2. The average molecular weight is 265 g/mol. The molecule has 0 aliphatic carbocycles. The molecule has 0 amide bonds. The third-order valence-electron chi connectivity index (χ3n) is 2.95. The van der Waals surface area contributed by atoms with Gasteiger partial charge < -0.3 is 15.2 Å². The second-order valence-electron chi connectivity index (χ2n) is 5.65. The van der Waals surface area contributed by atoms with E-state index in [1.54, 1.807) is 0 Å². The van der Waals surface area contributed by atoms with Crippen LogP contribution >= 0.6 is 0 Å². The summed E-state index contributed by atoms with van der Waals surface area (Å²) in [5, 5.41) is 13.0. The van der Waals surface area contributed by atoms with Crippen LogP contribution in [0.3, 0.4) is 0 Å². The Morgan fingerprint density at radius 2 is 1.95 bits per heavy atom. The summed E-state index contributed by atoms with van der Waals surface area (Å²) in [6.45, 7) is 10.9. The molecular weight excluding hydrogens is 238 g/mol. The van der Waals surface area contributed by atoms with Crippen molar-refractivity contribution in [1.82, 2.24) is 5.32 Å². The van der Waals surface area contributed by atoms with Gasteiger partial charge in [-0.1, -0.05) is 37.6 Å². The van der Waals surface area contributed by atoms with Crippen molar-refractivity contribution >= 4 is 0 Å². The lowest BCUT2D eigenvalue weighted by Crippen LogP contribution is -2.30. The van der Waals surface area contributed by atoms with E-state index < -0.39 is 6.10 Å². The largest absolute Gasteiger partial charge is 0.389 e. The fourth-order valence-electron chi connectivity index (χ4n) is 1.92. The van der Waals surface area contributed by atoms with E-state index >= 15 is 0 Å². The topological polar surface area (TPSA) is 41.5 Å². The lowest BCUT2D eigenvalue weighted by molar-refractivity contribution is 0.0260. The first-order chi connectivity index (χ1) is 8.99. The Hall–Kier alpha value is -0.900. The first-order valence-electron chi connectivity index (χ1n) is 7.01. The third kappa shape index (κ3) is 6.71. The zero-order valence-corrected chi connectivity index (χ0v) is 12.6. The average Bonchev–Trinajstić information content (AvgIpc) is 2.31. The van der Waals surface area contributed by atoms with Crippen LogP contribution in [0, 0.1) is 19.8 Å². The van der Waals surface area contributed by atoms with Crippen LogP contribution in [0.2, 0.25) is 0 Å². The van der Waals surface area contributed by atoms with Crippen molar-refractivity contribution in [2.75, 3.05) is 19.8 Å². The smallest absolute Gasteiger partial charge is 0.0897 e. The molecule has 0 bridgehead atoms. The van der Waals surface area contributed by atoms with E-state index in [9.17, 15) is 5.11 Å². The van der Waals surface area contributed by atoms with Gasteiger partial charge in [0, 0.05) is 19.7 Å². The normalized spacial score (nSPS) is 12.9. The lowest BCUT2D eigenvalue weighted by atomic mass is 10.1. The van der Waals surface area contributed by atoms with E-state index in [4.69, 9.17) is 4.74 Å². The number of aliphatic hydroxyl groups excluding tert-OH is 1. The third-order valence-corrected chi connectivity index (χ3v) is 2.95. The highest BCUT2D eigenvalue weighted by Crippen LogP contribution is 2.09. The van der Waals surface area contributed by atoms with E-state index in [0.717, 1.165) is 6.54 Å². The van der Waals surface area contributed by atoms with Crippen LogP contribution in [-0.4, -0.2) is 31.0 Å². The van der Waals surface area contributed by atoms with Crippen LogP contribution in [0.4, 0.5) is 0 Å². The maximum absolute atomic E-state index is 9.77. The second kappa shape index (κ2) is 8.31. The standard InChI is InChI=1S/C16H27NO2/c1-12(2)10-19-11-16(18)9-17-8-15-6-5-13(3)7-14(15)4/h5-7,12,16-18H,8-11H2,1-4H3. The van der Waals surface area contributed by atoms with Gasteiger partial charge in [-0.25, -0.2) is 0 Å². The van der Waals surface area contributed by atoms with Crippen molar-refractivity contribution in [1.29, 1.82) is 0 Å². The van der Waals surface area contributed by atoms with E-state index in [2.05, 4.69) is 51.2 Å². The van der Waals surface area contributed by atoms with Gasteiger partial charge in [-0.15, -0.1) is 0 Å². The minimum Gasteiger partial charge on any atom is -0.389 e. The van der Waals surface area contributed by atoms with Gasteiger partial charge in [-0.05, 0) is 30.9 Å². The Morgan fingerprint density at radius 1 is 1.21 bits per heavy atom. The van der Waals surface area contributed by atoms with Crippen LogP contribution in [0.1, 0.15) is 30.5 Å². The highest BCUT2D eigenvalue weighted by atomic mass is 16.5. The number of aryl methyl sites for hydroxylation is 2. The minimum atomic E-state index is -0.440. The van der Waals surface area contributed by atoms with Crippen molar-refractivity contribution in [3.63, 3.8) is 0 Å². The SMILES string of the molecule is Cc1ccc(CNCC(O)COCC(C)C)c(C)c1. The first-order valence-corrected chi connectivity index (χ1v) is 7.01. The van der Waals surface area contributed by atoms with Gasteiger partial charge in [-0.3, -0.25) is 0 Å². The summed E-state index contributed by atoms with van der Waals surface area (Å²) in [7, 11) is 0. The van der Waals surface area contributed by atoms with E-state index in [0.29, 0.717) is 25.7 Å². The van der Waals surface area contributed by atoms with Gasteiger partial charge in [0.05, 0.1) is 12.7 Å². The molecule has 0 saturated carbocycles. The maximum Gasteiger partial charge on any atom is 0.0897 e. The fourth-order valence-corrected chi connectivity index (χ4v) is 1.92. The Labute approximate surface area is 117 Å². The van der Waals surface area contributed by atoms with Crippen molar-refractivity contribution in [2.45, 2.75) is 40.3 Å². The molecule has 0 aliphatic heterocycles. The molecule has 1 rings (SSSR count). The molecule has 1 unspecified atom stereocenters. The van der Waals surface area contributed by atoms with Gasteiger partial charge in [0.2, 0.25) is 0 Å². The zero-order valence-electron chi connectivity index (χ0n) is 12.6. The summed E-state index contributed by atoms with van der Waals surface area (Å²) in [6.07, 6.45) is -0.440. The summed E-state index contributed by atoms with van der Waals surface area (Å²) < 4.78 is 5.41. The molecule has 19 heavy (non-hydrogen) atoms. The van der Waals surface area contributed by atoms with E-state index in [-0.39, 0.29) is 0 Å². The summed E-state index contributed by atoms with van der Waals surface area (Å²) in [5.74, 6) is 0.510. The van der Waals surface area contributed by atoms with Crippen LogP contribution in [-0.2, 0) is 11.3 Å². The minimum absolute atomic E-state index is 0.401. The number of benzene rings is 1. The van der Waals surface area contributed by atoms with Crippen LogP contribution in [0.25, 0.3) is 0 Å². The summed E-state index contributed by atoms with van der Waals surface area (Å²) >= 11 is 0. The molecule has 1 atom stereocenters. The van der Waals surface area contributed by atoms with E-state index in [1.807, 2.05) is 0 Å². The Kier molecular flexibility index (Phi) is 7.06. The number of hydrogen-bond acceptors (Lipinski definition) is 3. The van der Waals surface area contributed by atoms with E-state index in [1.165, 1.54) is 16.7 Å². The van der Waals surface area contributed by atoms with Gasteiger partial charge in [-0.2, -0.15) is 0 Å². The molecule has 3 nitrogen and oxygen atoms in total. The van der Waals surface area contributed by atoms with Gasteiger partial charge in [0.15, 0.2) is 0 Å². The molecule has 0 radical (unpaired) electrons. The number of hydrogen-bond donors (Lipinski definition) is 2. The van der Waals surface area contributed by atoms with Crippen LogP contribution < -0.4 is 5.32 Å². The molecule has 2 N–H and O–H groups in total. The lowest BCUT2D eigenvalue weighted by Gasteiger charge is -2.14. The summed E-state index contributed by atoms with van der Waals surface area (Å²) in [5.41, 5.74) is 3.85. The quantitative estimate of drug-likeness (QED) is 0.758. The number of nitrogens with one attached hydrogen (secondary N) is 1. The van der Waals surface area contributed by atoms with Gasteiger partial charge in [0.25, 0.3) is 0 Å². The van der Waals surface area contributed by atoms with Crippen molar-refractivity contribution in [3.8, 4) is 0 Å². The van der Waals surface area contributed by atoms with Crippen LogP contribution in [0.5, 0.6) is 0 Å². The number of aliphatic hydroxyl groups is 1. The Morgan fingerprint density at radius 3 is 2.58 bits per heavy atom. The summed E-state index contributed by atoms with van der Waals surface area (Å²) in [4.78, 5) is 0. The zero-order chi connectivity index (χ0) is 14.3. The van der Waals surface area contributed by atoms with Crippen molar-refractivity contribution < 1.29 is 9.84 Å². The molecule has 3 heteroatoms. The molecule has 1 aromatic carbocycles. The highest BCUT2D eigenvalue weighted by molar-refractivity contribution is 5.30. The highest BCUT2D eigenvalue weighted by Gasteiger charge is 2.05. The van der Waals surface area contributed by atoms with Crippen molar-refractivity contribution in [3.05, 3.63) is 34.9 Å². The second-order valence-corrected chi connectivity index (χ2v) is 5.65. The molecule has 0 aromatic heterocycles. The molecule has 0 saturated heterocycles. The van der Waals surface area contributed by atoms with Gasteiger partial charge in [0.1, 0.15) is 0 Å². The Bertz CT molecular complexity index is 377. The molecule has 108 valence electrons. The molecule has 0 heterocycles. The predicted molar refractivity (Wildman–Crippen MR) is 79.3 cm³/mol. The van der Waals surface area contributed by atoms with Crippen molar-refractivity contribution in [2.24, 2.45) is 5.92 Å². The first kappa shape index (κ1) is 16.2. The maximum atomic E-state index is 9.77. The Balaban J connectivity index is 2.22. The molecule has 1 aromatic rings. The molecule has 0 fully saturated rings. The number of ether oxygens (including phenoxy) is 1. The monoisotopic (exact) mass is 265 g/mol. The fraction of sp³-hybridized carbons (Fsp3) is 0.625. The van der Waals surface area contributed by atoms with Gasteiger partial charge >= 0.3 is 0 Å². The number of rotatable bonds is 8. The summed E-state index contributed by atoms with van der Waals surface area (Å²) in [6, 6.07) is 6.44. The molecule has 0 aliphatic rings. The van der Waals surface area contributed by atoms with Crippen LogP contribution in [0.15, 0.2) is 18.2 Å².